The average Bonchev–Trinajstić information content (AvgIpc) is 2.60. The number of fused-ring (bicyclic) bond motifs is 1. The molecule has 2 N–H and O–H groups in total. The number of hydrogen-bond acceptors (Lipinski definition) is 6. The van der Waals surface area contributed by atoms with Gasteiger partial charge in [-0.25, -0.2) is 0 Å². The van der Waals surface area contributed by atoms with Gasteiger partial charge in [0.15, 0.2) is 5.75 Å². The van der Waals surface area contributed by atoms with Crippen LogP contribution < -0.4 is 34.3 Å². The molecule has 0 aliphatic rings. The van der Waals surface area contributed by atoms with E-state index in [4.69, 9.17) is 4.74 Å². The molecule has 0 unspecified atom stereocenters. The van der Waals surface area contributed by atoms with Crippen molar-refractivity contribution in [3.05, 3.63) is 54.6 Å². The summed E-state index contributed by atoms with van der Waals surface area (Å²) in [4.78, 5) is -0.284. The van der Waals surface area contributed by atoms with E-state index < -0.39 is 10.1 Å². The first-order valence-electron chi connectivity index (χ1n) is 7.19. The Hall–Kier alpha value is -1.97. The molecule has 3 aromatic rings. The summed E-state index contributed by atoms with van der Waals surface area (Å²) in [6, 6.07) is 14.1. The van der Waals surface area contributed by atoms with E-state index in [9.17, 15) is 18.1 Å². The molecule has 0 fully saturated rings. The van der Waals surface area contributed by atoms with Crippen molar-refractivity contribution in [2.75, 3.05) is 7.11 Å². The number of ether oxygens (including phenoxy) is 1. The molecule has 0 atom stereocenters. The van der Waals surface area contributed by atoms with E-state index in [-0.39, 0.29) is 56.7 Å². The van der Waals surface area contributed by atoms with Gasteiger partial charge in [-0.05, 0) is 24.3 Å². The molecular weight excluding hydrogens is 367 g/mol. The van der Waals surface area contributed by atoms with E-state index in [0.29, 0.717) is 11.4 Å². The van der Waals surface area contributed by atoms with Crippen LogP contribution in [0.2, 0.25) is 0 Å². The fraction of sp³-hybridized carbons (Fsp3) is 0.0588. The molecule has 0 saturated carbocycles. The predicted octanol–water partition coefficient (Wildman–Crippen LogP) is 1.22. The number of rotatable bonds is 4. The Labute approximate surface area is 172 Å². The van der Waals surface area contributed by atoms with Gasteiger partial charge in [-0.3, -0.25) is 4.55 Å². The van der Waals surface area contributed by atoms with Crippen molar-refractivity contribution in [2.45, 2.75) is 4.90 Å². The average molecular weight is 381 g/mol. The minimum Gasteiger partial charge on any atom is -0.505 e. The molecule has 0 heterocycles. The Kier molecular flexibility index (Phi) is 6.38. The van der Waals surface area contributed by atoms with Crippen LogP contribution in [0.1, 0.15) is 0 Å². The smallest absolute Gasteiger partial charge is 0.505 e. The number of methoxy groups -OCH3 is 1. The monoisotopic (exact) mass is 381 g/mol. The molecule has 0 amide bonds. The third kappa shape index (κ3) is 4.05. The van der Waals surface area contributed by atoms with Gasteiger partial charge in [-0.15, -0.1) is 10.2 Å². The van der Waals surface area contributed by atoms with Crippen LogP contribution >= 0.6 is 0 Å². The topological polar surface area (TPSA) is 109 Å². The fourth-order valence-corrected chi connectivity index (χ4v) is 3.13. The molecule has 26 heavy (non-hydrogen) atoms. The molecule has 128 valence electrons. The second-order valence-corrected chi connectivity index (χ2v) is 6.52. The normalized spacial score (nSPS) is 11.5. The SMILES string of the molecule is COc1ccccc1N=Nc1ccc2c(S(=O)(=O)O)cccc2c1O.[Na+]. The Bertz CT molecular complexity index is 1080. The largest absolute Gasteiger partial charge is 1.00 e. The zero-order valence-electron chi connectivity index (χ0n) is 14.1. The Morgan fingerprint density at radius 1 is 0.885 bits per heavy atom. The first-order valence-corrected chi connectivity index (χ1v) is 8.63. The van der Waals surface area contributed by atoms with E-state index in [1.807, 2.05) is 0 Å². The van der Waals surface area contributed by atoms with E-state index in [2.05, 4.69) is 10.2 Å². The van der Waals surface area contributed by atoms with Crippen LogP contribution in [0.3, 0.4) is 0 Å². The number of hydrogen-bond donors (Lipinski definition) is 2. The van der Waals surface area contributed by atoms with Gasteiger partial charge in [0.1, 0.15) is 22.0 Å². The van der Waals surface area contributed by atoms with E-state index in [1.54, 1.807) is 24.3 Å². The Balaban J connectivity index is 0.00000243. The predicted molar refractivity (Wildman–Crippen MR) is 92.6 cm³/mol. The van der Waals surface area contributed by atoms with Crippen molar-refractivity contribution in [1.29, 1.82) is 0 Å². The molecule has 0 aliphatic heterocycles. The van der Waals surface area contributed by atoms with Crippen LogP contribution in [0, 0.1) is 0 Å². The molecule has 9 heteroatoms. The second kappa shape index (κ2) is 8.15. The molecule has 0 aromatic heterocycles. The molecule has 0 aliphatic carbocycles. The third-order valence-corrected chi connectivity index (χ3v) is 4.51. The molecule has 3 aromatic carbocycles. The Morgan fingerprint density at radius 2 is 1.58 bits per heavy atom. The molecule has 0 radical (unpaired) electrons. The van der Waals surface area contributed by atoms with Crippen molar-refractivity contribution in [3.63, 3.8) is 0 Å². The summed E-state index contributed by atoms with van der Waals surface area (Å²) in [5, 5.41) is 18.9. The van der Waals surface area contributed by atoms with Crippen molar-refractivity contribution in [3.8, 4) is 11.5 Å². The summed E-state index contributed by atoms with van der Waals surface area (Å²) in [7, 11) is -2.89. The van der Waals surface area contributed by atoms with Crippen molar-refractivity contribution in [1.82, 2.24) is 0 Å². The second-order valence-electron chi connectivity index (χ2n) is 5.13. The van der Waals surface area contributed by atoms with Gasteiger partial charge in [0.05, 0.1) is 7.11 Å². The van der Waals surface area contributed by atoms with E-state index >= 15 is 0 Å². The minimum absolute atomic E-state index is 0. The molecule has 0 bridgehead atoms. The maximum Gasteiger partial charge on any atom is 1.00 e. The van der Waals surface area contributed by atoms with E-state index in [1.165, 1.54) is 37.4 Å². The summed E-state index contributed by atoms with van der Waals surface area (Å²) in [6.45, 7) is 0. The summed E-state index contributed by atoms with van der Waals surface area (Å²) in [5.41, 5.74) is 0.641. The number of nitrogens with zero attached hydrogens (tertiary/aromatic N) is 2. The zero-order chi connectivity index (χ0) is 18.0. The summed E-state index contributed by atoms with van der Waals surface area (Å²) in [6.07, 6.45) is 0. The maximum absolute atomic E-state index is 11.4. The molecular formula is C17H14N2NaO5S+. The number of phenolic OH excluding ortho intramolecular Hbond substituents is 1. The molecule has 7 nitrogen and oxygen atoms in total. The number of aromatic hydroxyl groups is 1. The van der Waals surface area contributed by atoms with Crippen LogP contribution in [0.4, 0.5) is 11.4 Å². The van der Waals surface area contributed by atoms with Gasteiger partial charge in [0.25, 0.3) is 10.1 Å². The van der Waals surface area contributed by atoms with Crippen LogP contribution in [-0.2, 0) is 10.1 Å². The minimum atomic E-state index is -4.40. The first-order chi connectivity index (χ1) is 11.9. The number of para-hydroxylation sites is 1. The van der Waals surface area contributed by atoms with Gasteiger partial charge < -0.3 is 9.84 Å². The zero-order valence-corrected chi connectivity index (χ0v) is 16.9. The maximum atomic E-state index is 11.4. The van der Waals surface area contributed by atoms with Gasteiger partial charge in [-0.1, -0.05) is 30.3 Å². The summed E-state index contributed by atoms with van der Waals surface area (Å²) >= 11 is 0. The van der Waals surface area contributed by atoms with Crippen LogP contribution in [0.5, 0.6) is 11.5 Å². The number of azo groups is 1. The molecule has 0 spiro atoms. The molecule has 3 rings (SSSR count). The van der Waals surface area contributed by atoms with Crippen molar-refractivity contribution < 1.29 is 52.4 Å². The van der Waals surface area contributed by atoms with Gasteiger partial charge in [0, 0.05) is 10.8 Å². The summed E-state index contributed by atoms with van der Waals surface area (Å²) in [5.74, 6) is 0.293. The first kappa shape index (κ1) is 20.3. The van der Waals surface area contributed by atoms with Crippen molar-refractivity contribution in [2.24, 2.45) is 10.2 Å². The van der Waals surface area contributed by atoms with Gasteiger partial charge in [-0.2, -0.15) is 8.42 Å². The standard InChI is InChI=1S/C17H14N2O5S.Na/c1-24-15-7-3-2-6-13(15)18-19-14-10-9-11-12(17(14)20)5-4-8-16(11)25(21,22)23;/h2-10,20H,1H3,(H,21,22,23);/q;+1. The van der Waals surface area contributed by atoms with Crippen LogP contribution in [0.15, 0.2) is 69.7 Å². The van der Waals surface area contributed by atoms with E-state index in [0.717, 1.165) is 0 Å². The third-order valence-electron chi connectivity index (χ3n) is 3.60. The number of phenols is 1. The van der Waals surface area contributed by atoms with Gasteiger partial charge >= 0.3 is 29.6 Å². The van der Waals surface area contributed by atoms with Gasteiger partial charge in [0.2, 0.25) is 0 Å². The Morgan fingerprint density at radius 3 is 2.27 bits per heavy atom. The fourth-order valence-electron chi connectivity index (χ4n) is 2.43. The quantitative estimate of drug-likeness (QED) is 0.401. The van der Waals surface area contributed by atoms with Crippen LogP contribution in [-0.4, -0.2) is 25.2 Å². The summed E-state index contributed by atoms with van der Waals surface area (Å²) < 4.78 is 37.4. The van der Waals surface area contributed by atoms with Crippen molar-refractivity contribution >= 4 is 32.3 Å². The molecule has 0 saturated heterocycles. The number of benzene rings is 3. The van der Waals surface area contributed by atoms with Crippen LogP contribution in [0.25, 0.3) is 10.8 Å².